The summed E-state index contributed by atoms with van der Waals surface area (Å²) < 4.78 is 0.215. The smallest absolute Gasteiger partial charge is 0.241 e. The van der Waals surface area contributed by atoms with Crippen molar-refractivity contribution in [1.29, 1.82) is 0 Å². The molecule has 0 aromatic heterocycles. The van der Waals surface area contributed by atoms with Gasteiger partial charge in [0.2, 0.25) is 5.91 Å². The molecule has 2 aliphatic heterocycles. The largest absolute Gasteiger partial charge is 0.320 e. The maximum Gasteiger partial charge on any atom is 0.241 e. The number of rotatable bonds is 4. The molecule has 0 bridgehead atoms. The third-order valence-corrected chi connectivity index (χ3v) is 6.10. The molecule has 3 nitrogen and oxygen atoms in total. The van der Waals surface area contributed by atoms with E-state index in [9.17, 15) is 4.79 Å². The summed E-state index contributed by atoms with van der Waals surface area (Å²) in [6.07, 6.45) is 3.35. The lowest BCUT2D eigenvalue weighted by Crippen LogP contribution is -2.41. The summed E-state index contributed by atoms with van der Waals surface area (Å²) in [5.74, 6) is 1.49. The van der Waals surface area contributed by atoms with Gasteiger partial charge in [0.1, 0.15) is 6.17 Å². The van der Waals surface area contributed by atoms with E-state index in [2.05, 4.69) is 36.2 Å². The van der Waals surface area contributed by atoms with Crippen molar-refractivity contribution in [1.82, 2.24) is 10.2 Å². The normalized spacial score (nSPS) is 32.9. The summed E-state index contributed by atoms with van der Waals surface area (Å²) in [5.41, 5.74) is 1.19. The number of amides is 1. The molecule has 4 heteroatoms. The Morgan fingerprint density at radius 2 is 2.14 bits per heavy atom. The third-order valence-electron chi connectivity index (χ3n) is 4.58. The van der Waals surface area contributed by atoms with E-state index in [1.54, 1.807) is 0 Å². The monoisotopic (exact) mass is 304 g/mol. The molecule has 0 spiro atoms. The number of hydrogen-bond acceptors (Lipinski definition) is 3. The molecular weight excluding hydrogens is 280 g/mol. The van der Waals surface area contributed by atoms with Crippen molar-refractivity contribution in [2.24, 2.45) is 0 Å². The van der Waals surface area contributed by atoms with Crippen LogP contribution in [-0.4, -0.2) is 33.9 Å². The molecular formula is C17H24N2OS. The number of carbonyl (C=O) groups excluding carboxylic acids is 1. The van der Waals surface area contributed by atoms with Gasteiger partial charge in [-0.05, 0) is 37.5 Å². The van der Waals surface area contributed by atoms with Gasteiger partial charge in [-0.15, -0.1) is 0 Å². The zero-order chi connectivity index (χ0) is 14.9. The van der Waals surface area contributed by atoms with Gasteiger partial charge < -0.3 is 4.90 Å². The fraction of sp³-hybridized carbons (Fsp3) is 0.588. The highest BCUT2D eigenvalue weighted by molar-refractivity contribution is 8.00. The molecule has 1 amide bonds. The highest BCUT2D eigenvalue weighted by Crippen LogP contribution is 2.40. The predicted octanol–water partition coefficient (Wildman–Crippen LogP) is 3.18. The van der Waals surface area contributed by atoms with Gasteiger partial charge in [-0.2, -0.15) is 11.8 Å². The third kappa shape index (κ3) is 2.97. The molecule has 3 rings (SSSR count). The summed E-state index contributed by atoms with van der Waals surface area (Å²) in [4.78, 5) is 14.8. The number of nitrogens with zero attached hydrogens (tertiary/aromatic N) is 1. The van der Waals surface area contributed by atoms with Crippen LogP contribution in [-0.2, 0) is 4.79 Å². The number of thioether (sulfide) groups is 1. The first-order valence-electron chi connectivity index (χ1n) is 7.88. The molecule has 1 aromatic carbocycles. The van der Waals surface area contributed by atoms with Crippen LogP contribution in [0.25, 0.3) is 0 Å². The minimum Gasteiger partial charge on any atom is -0.320 e. The number of carbonyl (C=O) groups is 1. The molecule has 21 heavy (non-hydrogen) atoms. The van der Waals surface area contributed by atoms with Crippen LogP contribution in [0.4, 0.5) is 0 Å². The standard InChI is InChI=1S/C17H24N2OS/c1-3-14-16(20)19(12-17(2)10-7-11-21-17)15(18-14)13-8-5-4-6-9-13/h4-6,8-9,14-15,18H,3,7,10-12H2,1-2H3. The van der Waals surface area contributed by atoms with Crippen LogP contribution in [0.5, 0.6) is 0 Å². The van der Waals surface area contributed by atoms with Gasteiger partial charge >= 0.3 is 0 Å². The molecule has 1 aromatic rings. The lowest BCUT2D eigenvalue weighted by atomic mass is 10.0. The Labute approximate surface area is 131 Å². The van der Waals surface area contributed by atoms with Gasteiger partial charge in [0.05, 0.1) is 6.04 Å². The van der Waals surface area contributed by atoms with Crippen molar-refractivity contribution in [2.75, 3.05) is 12.3 Å². The fourth-order valence-electron chi connectivity index (χ4n) is 3.37. The van der Waals surface area contributed by atoms with Crippen molar-refractivity contribution >= 4 is 17.7 Å². The maximum absolute atomic E-state index is 12.7. The van der Waals surface area contributed by atoms with Crippen LogP contribution >= 0.6 is 11.8 Å². The second-order valence-electron chi connectivity index (χ2n) is 6.31. The minimum absolute atomic E-state index is 0.0293. The summed E-state index contributed by atoms with van der Waals surface area (Å²) in [6.45, 7) is 5.23. The van der Waals surface area contributed by atoms with Gasteiger partial charge in [0.15, 0.2) is 0 Å². The zero-order valence-corrected chi connectivity index (χ0v) is 13.7. The summed E-state index contributed by atoms with van der Waals surface area (Å²) in [5, 5.41) is 3.52. The first kappa shape index (κ1) is 14.9. The van der Waals surface area contributed by atoms with E-state index < -0.39 is 0 Å². The number of nitrogens with one attached hydrogen (secondary N) is 1. The first-order chi connectivity index (χ1) is 10.1. The Kier molecular flexibility index (Phi) is 4.27. The van der Waals surface area contributed by atoms with Crippen LogP contribution in [0.1, 0.15) is 44.8 Å². The van der Waals surface area contributed by atoms with Gasteiger partial charge in [-0.1, -0.05) is 37.3 Å². The van der Waals surface area contributed by atoms with E-state index in [0.717, 1.165) is 13.0 Å². The molecule has 1 N–H and O–H groups in total. The average molecular weight is 304 g/mol. The first-order valence-corrected chi connectivity index (χ1v) is 8.87. The SMILES string of the molecule is CCC1NC(c2ccccc2)N(CC2(C)CCCS2)C1=O. The highest BCUT2D eigenvalue weighted by atomic mass is 32.2. The van der Waals surface area contributed by atoms with Crippen LogP contribution in [0, 0.1) is 0 Å². The zero-order valence-electron chi connectivity index (χ0n) is 12.8. The van der Waals surface area contributed by atoms with Gasteiger partial charge in [-0.25, -0.2) is 0 Å². The minimum atomic E-state index is -0.0368. The lowest BCUT2D eigenvalue weighted by molar-refractivity contribution is -0.130. The summed E-state index contributed by atoms with van der Waals surface area (Å²) in [6, 6.07) is 10.3. The molecule has 3 atom stereocenters. The van der Waals surface area contributed by atoms with Crippen molar-refractivity contribution in [3.05, 3.63) is 35.9 Å². The second-order valence-corrected chi connectivity index (χ2v) is 7.99. The molecule has 3 unspecified atom stereocenters. The van der Waals surface area contributed by atoms with Gasteiger partial charge in [0, 0.05) is 11.3 Å². The topological polar surface area (TPSA) is 32.3 Å². The molecule has 0 radical (unpaired) electrons. The Morgan fingerprint density at radius 3 is 2.76 bits per heavy atom. The summed E-state index contributed by atoms with van der Waals surface area (Å²) in [7, 11) is 0. The Morgan fingerprint density at radius 1 is 1.38 bits per heavy atom. The quantitative estimate of drug-likeness (QED) is 0.927. The molecule has 0 aliphatic carbocycles. The Bertz CT molecular complexity index is 499. The van der Waals surface area contributed by atoms with Crippen LogP contribution in [0.15, 0.2) is 30.3 Å². The van der Waals surface area contributed by atoms with Gasteiger partial charge in [0.25, 0.3) is 0 Å². The van der Waals surface area contributed by atoms with E-state index >= 15 is 0 Å². The maximum atomic E-state index is 12.7. The van der Waals surface area contributed by atoms with Crippen molar-refractivity contribution in [3.8, 4) is 0 Å². The number of benzene rings is 1. The second kappa shape index (κ2) is 6.01. The molecule has 2 heterocycles. The van der Waals surface area contributed by atoms with Crippen molar-refractivity contribution in [3.63, 3.8) is 0 Å². The highest BCUT2D eigenvalue weighted by Gasteiger charge is 2.43. The van der Waals surface area contributed by atoms with Crippen LogP contribution in [0.3, 0.4) is 0 Å². The van der Waals surface area contributed by atoms with E-state index in [1.807, 2.05) is 30.0 Å². The van der Waals surface area contributed by atoms with Gasteiger partial charge in [-0.3, -0.25) is 10.1 Å². The van der Waals surface area contributed by atoms with E-state index in [4.69, 9.17) is 0 Å². The van der Waals surface area contributed by atoms with Crippen molar-refractivity contribution in [2.45, 2.75) is 50.1 Å². The molecule has 114 valence electrons. The molecule has 2 aliphatic rings. The fourth-order valence-corrected chi connectivity index (χ4v) is 4.67. The molecule has 2 fully saturated rings. The predicted molar refractivity (Wildman–Crippen MR) is 88.2 cm³/mol. The van der Waals surface area contributed by atoms with Crippen LogP contribution < -0.4 is 5.32 Å². The Balaban J connectivity index is 1.84. The van der Waals surface area contributed by atoms with E-state index in [1.165, 1.54) is 24.2 Å². The number of hydrogen-bond donors (Lipinski definition) is 1. The molecule has 0 saturated carbocycles. The van der Waals surface area contributed by atoms with Crippen LogP contribution in [0.2, 0.25) is 0 Å². The van der Waals surface area contributed by atoms with E-state index in [0.29, 0.717) is 0 Å². The van der Waals surface area contributed by atoms with Crippen molar-refractivity contribution < 1.29 is 4.79 Å². The Hall–Kier alpha value is -1.00. The lowest BCUT2D eigenvalue weighted by Gasteiger charge is -2.33. The molecule has 2 saturated heterocycles. The summed E-state index contributed by atoms with van der Waals surface area (Å²) >= 11 is 2.02. The average Bonchev–Trinajstić information content (AvgIpc) is 3.06. The van der Waals surface area contributed by atoms with E-state index in [-0.39, 0.29) is 22.9 Å².